The normalized spacial score (nSPS) is 24.3. The SMILES string of the molecule is Cc1cncc(O[C@H]2CC[C@H](C(=O)O)CC2)n1. The molecule has 1 fully saturated rings. The fourth-order valence-electron chi connectivity index (χ4n) is 2.10. The molecule has 0 radical (unpaired) electrons. The molecule has 5 heteroatoms. The van der Waals surface area contributed by atoms with Crippen LogP contribution in [0.15, 0.2) is 12.4 Å². The van der Waals surface area contributed by atoms with Gasteiger partial charge < -0.3 is 9.84 Å². The topological polar surface area (TPSA) is 72.3 Å². The number of aliphatic carboxylic acids is 1. The van der Waals surface area contributed by atoms with Gasteiger partial charge in [-0.05, 0) is 32.6 Å². The molecule has 1 aromatic heterocycles. The van der Waals surface area contributed by atoms with Crippen LogP contribution in [0.25, 0.3) is 0 Å². The Hall–Kier alpha value is -1.65. The third-order valence-corrected chi connectivity index (χ3v) is 3.04. The second-order valence-corrected chi connectivity index (χ2v) is 4.43. The van der Waals surface area contributed by atoms with Crippen molar-refractivity contribution < 1.29 is 14.6 Å². The number of rotatable bonds is 3. The number of carboxylic acid groups (broad SMARTS) is 1. The van der Waals surface area contributed by atoms with Crippen molar-refractivity contribution in [2.45, 2.75) is 38.7 Å². The van der Waals surface area contributed by atoms with Crippen molar-refractivity contribution in [2.75, 3.05) is 0 Å². The van der Waals surface area contributed by atoms with Crippen LogP contribution < -0.4 is 4.74 Å². The van der Waals surface area contributed by atoms with Crippen molar-refractivity contribution >= 4 is 5.97 Å². The van der Waals surface area contributed by atoms with Crippen molar-refractivity contribution in [1.29, 1.82) is 0 Å². The summed E-state index contributed by atoms with van der Waals surface area (Å²) >= 11 is 0. The lowest BCUT2D eigenvalue weighted by Gasteiger charge is -2.26. The summed E-state index contributed by atoms with van der Waals surface area (Å²) in [6.07, 6.45) is 6.24. The number of aromatic nitrogens is 2. The number of aryl methyl sites for hydroxylation is 1. The number of ether oxygens (including phenoxy) is 1. The van der Waals surface area contributed by atoms with E-state index in [2.05, 4.69) is 9.97 Å². The van der Waals surface area contributed by atoms with Crippen molar-refractivity contribution in [1.82, 2.24) is 9.97 Å². The molecule has 0 unspecified atom stereocenters. The fraction of sp³-hybridized carbons (Fsp3) is 0.583. The lowest BCUT2D eigenvalue weighted by atomic mass is 9.87. The molecule has 0 atom stereocenters. The second-order valence-electron chi connectivity index (χ2n) is 4.43. The maximum atomic E-state index is 10.8. The Kier molecular flexibility index (Phi) is 3.56. The van der Waals surface area contributed by atoms with Gasteiger partial charge in [0.15, 0.2) is 0 Å². The van der Waals surface area contributed by atoms with Crippen LogP contribution in [0.3, 0.4) is 0 Å². The molecule has 0 bridgehead atoms. The van der Waals surface area contributed by atoms with Crippen LogP contribution in [0, 0.1) is 12.8 Å². The molecule has 0 aliphatic heterocycles. The predicted molar refractivity (Wildman–Crippen MR) is 60.8 cm³/mol. The van der Waals surface area contributed by atoms with Crippen LogP contribution >= 0.6 is 0 Å². The van der Waals surface area contributed by atoms with Gasteiger partial charge in [0.1, 0.15) is 6.10 Å². The summed E-state index contributed by atoms with van der Waals surface area (Å²) in [7, 11) is 0. The van der Waals surface area contributed by atoms with E-state index in [1.807, 2.05) is 6.92 Å². The van der Waals surface area contributed by atoms with Crippen LogP contribution in [0.2, 0.25) is 0 Å². The van der Waals surface area contributed by atoms with Gasteiger partial charge in [-0.2, -0.15) is 0 Å². The van der Waals surface area contributed by atoms with Gasteiger partial charge in [-0.15, -0.1) is 0 Å². The van der Waals surface area contributed by atoms with Gasteiger partial charge in [-0.25, -0.2) is 4.98 Å². The molecule has 1 aliphatic carbocycles. The molecule has 1 heterocycles. The van der Waals surface area contributed by atoms with Crippen molar-refractivity contribution in [3.05, 3.63) is 18.1 Å². The van der Waals surface area contributed by atoms with Crippen molar-refractivity contribution in [3.8, 4) is 5.88 Å². The van der Waals surface area contributed by atoms with Gasteiger partial charge in [-0.3, -0.25) is 9.78 Å². The zero-order chi connectivity index (χ0) is 12.3. The van der Waals surface area contributed by atoms with E-state index in [0.717, 1.165) is 18.5 Å². The molecule has 0 spiro atoms. The maximum absolute atomic E-state index is 10.8. The number of hydrogen-bond acceptors (Lipinski definition) is 4. The molecule has 1 aromatic rings. The summed E-state index contributed by atoms with van der Waals surface area (Å²) < 4.78 is 5.70. The second kappa shape index (κ2) is 5.12. The monoisotopic (exact) mass is 236 g/mol. The molecule has 1 saturated carbocycles. The van der Waals surface area contributed by atoms with Crippen LogP contribution in [0.4, 0.5) is 0 Å². The first-order valence-corrected chi connectivity index (χ1v) is 5.83. The van der Waals surface area contributed by atoms with Crippen LogP contribution in [-0.2, 0) is 4.79 Å². The largest absolute Gasteiger partial charge is 0.481 e. The Labute approximate surface area is 99.9 Å². The Bertz CT molecular complexity index is 400. The molecular weight excluding hydrogens is 220 g/mol. The Morgan fingerprint density at radius 1 is 1.35 bits per heavy atom. The van der Waals surface area contributed by atoms with Crippen LogP contribution in [-0.4, -0.2) is 27.1 Å². The molecule has 17 heavy (non-hydrogen) atoms. The van der Waals surface area contributed by atoms with E-state index in [9.17, 15) is 4.79 Å². The Morgan fingerprint density at radius 2 is 2.06 bits per heavy atom. The first-order chi connectivity index (χ1) is 8.15. The minimum Gasteiger partial charge on any atom is -0.481 e. The molecule has 1 aliphatic rings. The first-order valence-electron chi connectivity index (χ1n) is 5.83. The highest BCUT2D eigenvalue weighted by molar-refractivity contribution is 5.70. The van der Waals surface area contributed by atoms with Gasteiger partial charge in [-0.1, -0.05) is 0 Å². The molecule has 92 valence electrons. The fourth-order valence-corrected chi connectivity index (χ4v) is 2.10. The predicted octanol–water partition coefficient (Wildman–Crippen LogP) is 1.81. The summed E-state index contributed by atoms with van der Waals surface area (Å²) in [5, 5.41) is 8.89. The zero-order valence-electron chi connectivity index (χ0n) is 9.80. The van der Waals surface area contributed by atoms with E-state index in [-0.39, 0.29) is 12.0 Å². The number of carbonyl (C=O) groups is 1. The van der Waals surface area contributed by atoms with Crippen LogP contribution in [0.1, 0.15) is 31.4 Å². The third-order valence-electron chi connectivity index (χ3n) is 3.04. The third kappa shape index (κ3) is 3.15. The van der Waals surface area contributed by atoms with E-state index in [4.69, 9.17) is 9.84 Å². The average molecular weight is 236 g/mol. The summed E-state index contributed by atoms with van der Waals surface area (Å²) in [6.45, 7) is 1.86. The minimum absolute atomic E-state index is 0.0710. The summed E-state index contributed by atoms with van der Waals surface area (Å²) in [4.78, 5) is 19.0. The minimum atomic E-state index is -0.696. The maximum Gasteiger partial charge on any atom is 0.306 e. The van der Waals surface area contributed by atoms with Gasteiger partial charge in [0.25, 0.3) is 0 Å². The Balaban J connectivity index is 1.88. The standard InChI is InChI=1S/C12H16N2O3/c1-8-6-13-7-11(14-8)17-10-4-2-9(3-5-10)12(15)16/h6-7,9-10H,2-5H2,1H3,(H,15,16)/t9-,10-. The van der Waals surface area contributed by atoms with E-state index in [1.165, 1.54) is 0 Å². The zero-order valence-corrected chi connectivity index (χ0v) is 9.80. The summed E-state index contributed by atoms with van der Waals surface area (Å²) in [5.41, 5.74) is 0.821. The van der Waals surface area contributed by atoms with E-state index in [1.54, 1.807) is 12.4 Å². The molecule has 0 aromatic carbocycles. The van der Waals surface area contributed by atoms with E-state index in [0.29, 0.717) is 18.7 Å². The highest BCUT2D eigenvalue weighted by atomic mass is 16.5. The molecule has 0 amide bonds. The molecule has 1 N–H and O–H groups in total. The van der Waals surface area contributed by atoms with Gasteiger partial charge >= 0.3 is 5.97 Å². The molecule has 5 nitrogen and oxygen atoms in total. The Morgan fingerprint density at radius 3 is 2.65 bits per heavy atom. The highest BCUT2D eigenvalue weighted by Crippen LogP contribution is 2.27. The summed E-state index contributed by atoms with van der Waals surface area (Å²) in [5.74, 6) is -0.374. The highest BCUT2D eigenvalue weighted by Gasteiger charge is 2.27. The molecule has 0 saturated heterocycles. The van der Waals surface area contributed by atoms with Gasteiger partial charge in [0.2, 0.25) is 5.88 Å². The van der Waals surface area contributed by atoms with E-state index < -0.39 is 5.97 Å². The quantitative estimate of drug-likeness (QED) is 0.866. The number of nitrogens with zero attached hydrogens (tertiary/aromatic N) is 2. The van der Waals surface area contributed by atoms with Crippen molar-refractivity contribution in [2.24, 2.45) is 5.92 Å². The smallest absolute Gasteiger partial charge is 0.306 e. The first kappa shape index (κ1) is 11.8. The van der Waals surface area contributed by atoms with Gasteiger partial charge in [0, 0.05) is 6.20 Å². The van der Waals surface area contributed by atoms with Crippen LogP contribution in [0.5, 0.6) is 5.88 Å². The summed E-state index contributed by atoms with van der Waals surface area (Å²) in [6, 6.07) is 0. The number of hydrogen-bond donors (Lipinski definition) is 1. The lowest BCUT2D eigenvalue weighted by molar-refractivity contribution is -0.143. The van der Waals surface area contributed by atoms with Gasteiger partial charge in [0.05, 0.1) is 17.8 Å². The lowest BCUT2D eigenvalue weighted by Crippen LogP contribution is -2.28. The molecule has 2 rings (SSSR count). The number of carboxylic acids is 1. The molecular formula is C12H16N2O3. The average Bonchev–Trinajstić information content (AvgIpc) is 2.29. The van der Waals surface area contributed by atoms with E-state index >= 15 is 0 Å². The van der Waals surface area contributed by atoms with Crippen molar-refractivity contribution in [3.63, 3.8) is 0 Å².